The number of thioether (sulfide) groups is 1. The molecule has 0 N–H and O–H groups in total. The molecule has 0 aliphatic rings. The minimum absolute atomic E-state index is 1.12. The average Bonchev–Trinajstić information content (AvgIpc) is 2.65. The fourth-order valence-corrected chi connectivity index (χ4v) is 4.92. The quantitative estimate of drug-likeness (QED) is 0.562. The largest absolute Gasteiger partial charge is 0.143 e. The summed E-state index contributed by atoms with van der Waals surface area (Å²) < 4.78 is 2.87. The Labute approximate surface area is 106 Å². The molecule has 0 atom stereocenters. The Bertz CT molecular complexity index is 460. The van der Waals surface area contributed by atoms with E-state index in [4.69, 9.17) is 0 Å². The van der Waals surface area contributed by atoms with Crippen LogP contribution in [-0.2, 0) is 6.42 Å². The molecule has 14 heavy (non-hydrogen) atoms. The molecule has 3 heteroatoms. The highest BCUT2D eigenvalue weighted by Crippen LogP contribution is 2.36. The molecule has 0 bridgehead atoms. The van der Waals surface area contributed by atoms with Crippen LogP contribution in [-0.4, -0.2) is 6.26 Å². The van der Waals surface area contributed by atoms with Crippen molar-refractivity contribution in [2.24, 2.45) is 0 Å². The first kappa shape index (κ1) is 10.8. The third kappa shape index (κ3) is 1.70. The molecule has 0 amide bonds. The van der Waals surface area contributed by atoms with Gasteiger partial charge in [-0.3, -0.25) is 0 Å². The maximum absolute atomic E-state index is 2.47. The molecule has 0 saturated carbocycles. The van der Waals surface area contributed by atoms with Gasteiger partial charge >= 0.3 is 0 Å². The smallest absolute Gasteiger partial charge is 0.0487 e. The maximum atomic E-state index is 2.47. The molecule has 0 saturated heterocycles. The van der Waals surface area contributed by atoms with Crippen molar-refractivity contribution in [3.05, 3.63) is 26.6 Å². The third-order valence-corrected chi connectivity index (χ3v) is 5.93. The van der Waals surface area contributed by atoms with Gasteiger partial charge in [0.15, 0.2) is 0 Å². The molecule has 74 valence electrons. The molecule has 0 spiro atoms. The van der Waals surface area contributed by atoms with E-state index >= 15 is 0 Å². The molecule has 0 unspecified atom stereocenters. The van der Waals surface area contributed by atoms with E-state index in [0.29, 0.717) is 0 Å². The summed E-state index contributed by atoms with van der Waals surface area (Å²) in [6, 6.07) is 4.55. The van der Waals surface area contributed by atoms with Crippen molar-refractivity contribution in [2.45, 2.75) is 18.2 Å². The Morgan fingerprint density at radius 1 is 1.50 bits per heavy atom. The first-order valence-corrected chi connectivity index (χ1v) is 7.68. The van der Waals surface area contributed by atoms with E-state index in [9.17, 15) is 0 Å². The lowest BCUT2D eigenvalue weighted by Crippen LogP contribution is -1.88. The summed E-state index contributed by atoms with van der Waals surface area (Å²) >= 11 is 6.18. The van der Waals surface area contributed by atoms with Gasteiger partial charge in [0.25, 0.3) is 0 Å². The highest BCUT2D eigenvalue weighted by molar-refractivity contribution is 14.1. The molecule has 1 aromatic carbocycles. The van der Waals surface area contributed by atoms with Crippen LogP contribution in [0.3, 0.4) is 0 Å². The summed E-state index contributed by atoms with van der Waals surface area (Å²) in [6.07, 6.45) is 3.29. The van der Waals surface area contributed by atoms with Crippen molar-refractivity contribution in [1.29, 1.82) is 0 Å². The van der Waals surface area contributed by atoms with Gasteiger partial charge in [-0.15, -0.1) is 23.1 Å². The van der Waals surface area contributed by atoms with Gasteiger partial charge in [0.1, 0.15) is 0 Å². The fourth-order valence-electron chi connectivity index (χ4n) is 1.59. The molecule has 0 nitrogen and oxygen atoms in total. The van der Waals surface area contributed by atoms with Crippen LogP contribution in [0.15, 0.2) is 22.4 Å². The lowest BCUT2D eigenvalue weighted by molar-refractivity contribution is 1.08. The van der Waals surface area contributed by atoms with Crippen LogP contribution >= 0.6 is 45.7 Å². The summed E-state index contributed by atoms with van der Waals surface area (Å²) in [5.74, 6) is 0. The van der Waals surface area contributed by atoms with Crippen LogP contribution in [0.5, 0.6) is 0 Å². The first-order valence-electron chi connectivity index (χ1n) is 4.50. The zero-order chi connectivity index (χ0) is 10.1. The number of fused-ring (bicyclic) bond motifs is 1. The van der Waals surface area contributed by atoms with Crippen LogP contribution in [0, 0.1) is 3.57 Å². The van der Waals surface area contributed by atoms with Gasteiger partial charge in [-0.25, -0.2) is 0 Å². The summed E-state index contributed by atoms with van der Waals surface area (Å²) in [5.41, 5.74) is 1.48. The van der Waals surface area contributed by atoms with Gasteiger partial charge < -0.3 is 0 Å². The topological polar surface area (TPSA) is 0 Å². The SMILES string of the molecule is CCc1cc2ccsc2c(I)c1SC. The van der Waals surface area contributed by atoms with Crippen LogP contribution in [0.4, 0.5) is 0 Å². The Kier molecular flexibility index (Phi) is 3.39. The Morgan fingerprint density at radius 2 is 2.29 bits per heavy atom. The second-order valence-electron chi connectivity index (χ2n) is 3.08. The Hall–Kier alpha value is 0.260. The number of rotatable bonds is 2. The molecule has 2 rings (SSSR count). The van der Waals surface area contributed by atoms with Crippen LogP contribution < -0.4 is 0 Å². The summed E-state index contributed by atoms with van der Waals surface area (Å²) in [5, 5.41) is 3.57. The van der Waals surface area contributed by atoms with Crippen molar-refractivity contribution in [2.75, 3.05) is 6.26 Å². The molecule has 1 heterocycles. The van der Waals surface area contributed by atoms with Gasteiger partial charge in [-0.1, -0.05) is 6.92 Å². The van der Waals surface area contributed by atoms with E-state index in [1.165, 1.54) is 24.1 Å². The van der Waals surface area contributed by atoms with Gasteiger partial charge in [-0.2, -0.15) is 0 Å². The van der Waals surface area contributed by atoms with E-state index in [1.807, 2.05) is 23.1 Å². The first-order chi connectivity index (χ1) is 6.77. The zero-order valence-corrected chi connectivity index (χ0v) is 11.9. The minimum Gasteiger partial charge on any atom is -0.143 e. The van der Waals surface area contributed by atoms with Crippen LogP contribution in [0.1, 0.15) is 12.5 Å². The number of benzene rings is 1. The van der Waals surface area contributed by atoms with E-state index in [0.717, 1.165) is 6.42 Å². The van der Waals surface area contributed by atoms with Crippen molar-refractivity contribution >= 4 is 55.8 Å². The van der Waals surface area contributed by atoms with Gasteiger partial charge in [0.2, 0.25) is 0 Å². The van der Waals surface area contributed by atoms with Crippen molar-refractivity contribution in [1.82, 2.24) is 0 Å². The van der Waals surface area contributed by atoms with E-state index in [1.54, 1.807) is 0 Å². The second-order valence-corrected chi connectivity index (χ2v) is 5.89. The molecule has 0 fully saturated rings. The predicted octanol–water partition coefficient (Wildman–Crippen LogP) is 4.79. The maximum Gasteiger partial charge on any atom is 0.0487 e. The van der Waals surface area contributed by atoms with Crippen molar-refractivity contribution in [3.8, 4) is 0 Å². The molecule has 0 radical (unpaired) electrons. The molecular weight excluding hydrogens is 323 g/mol. The number of thiophene rings is 1. The second kappa shape index (κ2) is 4.41. The fraction of sp³-hybridized carbons (Fsp3) is 0.273. The van der Waals surface area contributed by atoms with Crippen LogP contribution in [0.2, 0.25) is 0 Å². The predicted molar refractivity (Wildman–Crippen MR) is 75.7 cm³/mol. The molecule has 1 aromatic heterocycles. The van der Waals surface area contributed by atoms with E-state index < -0.39 is 0 Å². The van der Waals surface area contributed by atoms with Crippen molar-refractivity contribution < 1.29 is 0 Å². The highest BCUT2D eigenvalue weighted by Gasteiger charge is 2.10. The monoisotopic (exact) mass is 334 g/mol. The molecular formula is C11H11IS2. The lowest BCUT2D eigenvalue weighted by atomic mass is 10.1. The summed E-state index contributed by atoms with van der Waals surface area (Å²) in [4.78, 5) is 1.46. The van der Waals surface area contributed by atoms with E-state index in [2.05, 4.69) is 53.3 Å². The van der Waals surface area contributed by atoms with E-state index in [-0.39, 0.29) is 0 Å². The third-order valence-electron chi connectivity index (χ3n) is 2.30. The minimum atomic E-state index is 1.12. The van der Waals surface area contributed by atoms with Gasteiger partial charge in [-0.05, 0) is 63.7 Å². The number of hydrogen-bond acceptors (Lipinski definition) is 2. The summed E-state index contributed by atoms with van der Waals surface area (Å²) in [6.45, 7) is 2.23. The Morgan fingerprint density at radius 3 is 2.93 bits per heavy atom. The molecule has 2 aromatic rings. The molecule has 0 aliphatic carbocycles. The van der Waals surface area contributed by atoms with Gasteiger partial charge in [0, 0.05) is 13.2 Å². The highest BCUT2D eigenvalue weighted by atomic mass is 127. The number of halogens is 1. The standard InChI is InChI=1S/C11H11IS2/c1-3-7-6-8-4-5-14-11(8)9(12)10(7)13-2/h4-6H,3H2,1-2H3. The Balaban J connectivity index is 2.79. The van der Waals surface area contributed by atoms with Crippen molar-refractivity contribution in [3.63, 3.8) is 0 Å². The molecule has 0 aliphatic heterocycles. The lowest BCUT2D eigenvalue weighted by Gasteiger charge is -2.08. The van der Waals surface area contributed by atoms with Crippen LogP contribution in [0.25, 0.3) is 10.1 Å². The zero-order valence-electron chi connectivity index (χ0n) is 8.13. The average molecular weight is 334 g/mol. The number of aryl methyl sites for hydroxylation is 1. The normalized spacial score (nSPS) is 11.1. The van der Waals surface area contributed by atoms with Gasteiger partial charge in [0.05, 0.1) is 0 Å². The summed E-state index contributed by atoms with van der Waals surface area (Å²) in [7, 11) is 0. The number of hydrogen-bond donors (Lipinski definition) is 0.